The molecule has 0 aromatic heterocycles. The Balaban J connectivity index is 1.79. The SMILES string of the molecule is CC(O)CC1CCCN1C(C)C(=O)NCCc1ccc(F)cc1. The zero-order chi connectivity index (χ0) is 16.8. The zero-order valence-corrected chi connectivity index (χ0v) is 14.0. The number of benzene rings is 1. The number of halogens is 1. The van der Waals surface area contributed by atoms with Crippen molar-refractivity contribution in [2.45, 2.75) is 57.7 Å². The highest BCUT2D eigenvalue weighted by Gasteiger charge is 2.32. The van der Waals surface area contributed by atoms with Crippen LogP contribution >= 0.6 is 0 Å². The molecule has 1 fully saturated rings. The number of hydrogen-bond acceptors (Lipinski definition) is 3. The number of carbonyl (C=O) groups excluding carboxylic acids is 1. The number of amides is 1. The molecule has 0 bridgehead atoms. The van der Waals surface area contributed by atoms with Gasteiger partial charge in [0.25, 0.3) is 0 Å². The van der Waals surface area contributed by atoms with Gasteiger partial charge in [0.05, 0.1) is 12.1 Å². The van der Waals surface area contributed by atoms with Gasteiger partial charge in [-0.2, -0.15) is 0 Å². The first-order valence-corrected chi connectivity index (χ1v) is 8.43. The lowest BCUT2D eigenvalue weighted by molar-refractivity contribution is -0.126. The van der Waals surface area contributed by atoms with Gasteiger partial charge in [-0.1, -0.05) is 12.1 Å². The second-order valence-electron chi connectivity index (χ2n) is 6.46. The average Bonchev–Trinajstić information content (AvgIpc) is 2.95. The van der Waals surface area contributed by atoms with Crippen LogP contribution < -0.4 is 5.32 Å². The van der Waals surface area contributed by atoms with E-state index >= 15 is 0 Å². The molecule has 4 nitrogen and oxygen atoms in total. The van der Waals surface area contributed by atoms with Gasteiger partial charge in [0.1, 0.15) is 5.82 Å². The maximum Gasteiger partial charge on any atom is 0.237 e. The van der Waals surface area contributed by atoms with Crippen molar-refractivity contribution in [2.24, 2.45) is 0 Å². The van der Waals surface area contributed by atoms with E-state index in [-0.39, 0.29) is 29.9 Å². The van der Waals surface area contributed by atoms with Crippen LogP contribution in [0, 0.1) is 5.82 Å². The van der Waals surface area contributed by atoms with Crippen molar-refractivity contribution in [3.05, 3.63) is 35.6 Å². The third-order valence-corrected chi connectivity index (χ3v) is 4.54. The van der Waals surface area contributed by atoms with E-state index in [1.165, 1.54) is 12.1 Å². The van der Waals surface area contributed by atoms with Crippen molar-refractivity contribution in [2.75, 3.05) is 13.1 Å². The Hall–Kier alpha value is -1.46. The van der Waals surface area contributed by atoms with Gasteiger partial charge in [-0.05, 0) is 63.8 Å². The summed E-state index contributed by atoms with van der Waals surface area (Å²) in [6, 6.07) is 6.45. The summed E-state index contributed by atoms with van der Waals surface area (Å²) in [6.07, 6.45) is 3.18. The summed E-state index contributed by atoms with van der Waals surface area (Å²) in [5, 5.41) is 12.5. The van der Waals surface area contributed by atoms with E-state index < -0.39 is 0 Å². The lowest BCUT2D eigenvalue weighted by Gasteiger charge is -2.30. The molecule has 23 heavy (non-hydrogen) atoms. The number of rotatable bonds is 7. The molecule has 1 aromatic rings. The van der Waals surface area contributed by atoms with E-state index in [2.05, 4.69) is 10.2 Å². The van der Waals surface area contributed by atoms with Crippen LogP contribution in [-0.2, 0) is 11.2 Å². The van der Waals surface area contributed by atoms with Crippen molar-refractivity contribution >= 4 is 5.91 Å². The van der Waals surface area contributed by atoms with Gasteiger partial charge in [0, 0.05) is 12.6 Å². The lowest BCUT2D eigenvalue weighted by Crippen LogP contribution is -2.48. The van der Waals surface area contributed by atoms with Gasteiger partial charge >= 0.3 is 0 Å². The summed E-state index contributed by atoms with van der Waals surface area (Å²) < 4.78 is 12.8. The van der Waals surface area contributed by atoms with Crippen molar-refractivity contribution in [1.29, 1.82) is 0 Å². The molecule has 3 unspecified atom stereocenters. The quantitative estimate of drug-likeness (QED) is 0.808. The van der Waals surface area contributed by atoms with Crippen LogP contribution in [0.4, 0.5) is 4.39 Å². The molecule has 1 aliphatic heterocycles. The summed E-state index contributed by atoms with van der Waals surface area (Å²) >= 11 is 0. The Morgan fingerprint density at radius 2 is 2.09 bits per heavy atom. The van der Waals surface area contributed by atoms with Crippen LogP contribution in [0.15, 0.2) is 24.3 Å². The second-order valence-corrected chi connectivity index (χ2v) is 6.46. The third kappa shape index (κ3) is 5.29. The summed E-state index contributed by atoms with van der Waals surface area (Å²) in [5.74, 6) is -0.228. The molecule has 0 radical (unpaired) electrons. The van der Waals surface area contributed by atoms with Crippen molar-refractivity contribution in [3.63, 3.8) is 0 Å². The molecule has 128 valence electrons. The van der Waals surface area contributed by atoms with Crippen LogP contribution in [0.1, 0.15) is 38.7 Å². The number of hydrogen-bond donors (Lipinski definition) is 2. The van der Waals surface area contributed by atoms with Gasteiger partial charge in [0.2, 0.25) is 5.91 Å². The molecule has 0 saturated carbocycles. The first-order valence-electron chi connectivity index (χ1n) is 8.43. The Labute approximate surface area is 137 Å². The number of nitrogens with one attached hydrogen (secondary N) is 1. The molecule has 5 heteroatoms. The van der Waals surface area contributed by atoms with Crippen LogP contribution in [0.25, 0.3) is 0 Å². The van der Waals surface area contributed by atoms with Crippen LogP contribution in [0.3, 0.4) is 0 Å². The van der Waals surface area contributed by atoms with Crippen molar-refractivity contribution in [1.82, 2.24) is 10.2 Å². The Bertz CT molecular complexity index is 504. The topological polar surface area (TPSA) is 52.6 Å². The maximum absolute atomic E-state index is 12.8. The highest BCUT2D eigenvalue weighted by Crippen LogP contribution is 2.23. The Morgan fingerprint density at radius 3 is 2.74 bits per heavy atom. The number of nitrogens with zero attached hydrogens (tertiary/aromatic N) is 1. The van der Waals surface area contributed by atoms with Gasteiger partial charge in [-0.3, -0.25) is 9.69 Å². The summed E-state index contributed by atoms with van der Waals surface area (Å²) in [7, 11) is 0. The fraction of sp³-hybridized carbons (Fsp3) is 0.611. The number of aliphatic hydroxyl groups is 1. The zero-order valence-electron chi connectivity index (χ0n) is 14.0. The maximum atomic E-state index is 12.8. The molecule has 1 aliphatic rings. The average molecular weight is 322 g/mol. The minimum atomic E-state index is -0.339. The first-order chi connectivity index (χ1) is 11.0. The smallest absolute Gasteiger partial charge is 0.237 e. The van der Waals surface area contributed by atoms with Gasteiger partial charge in [0.15, 0.2) is 0 Å². The lowest BCUT2D eigenvalue weighted by atomic mass is 10.1. The van der Waals surface area contributed by atoms with E-state index in [1.807, 2.05) is 6.92 Å². The minimum absolute atomic E-state index is 0.0182. The first kappa shape index (κ1) is 17.9. The molecule has 2 rings (SSSR count). The normalized spacial score (nSPS) is 21.1. The van der Waals surface area contributed by atoms with Crippen molar-refractivity contribution in [3.8, 4) is 0 Å². The van der Waals surface area contributed by atoms with Gasteiger partial charge in [-0.15, -0.1) is 0 Å². The van der Waals surface area contributed by atoms with E-state index in [4.69, 9.17) is 0 Å². The minimum Gasteiger partial charge on any atom is -0.393 e. The fourth-order valence-electron chi connectivity index (χ4n) is 3.29. The van der Waals surface area contributed by atoms with Gasteiger partial charge in [-0.25, -0.2) is 4.39 Å². The third-order valence-electron chi connectivity index (χ3n) is 4.54. The molecule has 1 saturated heterocycles. The number of likely N-dealkylation sites (tertiary alicyclic amines) is 1. The number of carbonyl (C=O) groups is 1. The molecule has 2 N–H and O–H groups in total. The standard InChI is InChI=1S/C18H27FN2O2/c1-13(22)12-17-4-3-11-21(17)14(2)18(23)20-10-9-15-5-7-16(19)8-6-15/h5-8,13-14,17,22H,3-4,9-12H2,1-2H3,(H,20,23). The number of aliphatic hydroxyl groups excluding tert-OH is 1. The van der Waals surface area contributed by atoms with Crippen LogP contribution in [-0.4, -0.2) is 47.2 Å². The fourth-order valence-corrected chi connectivity index (χ4v) is 3.29. The van der Waals surface area contributed by atoms with Crippen LogP contribution in [0.5, 0.6) is 0 Å². The van der Waals surface area contributed by atoms with E-state index in [1.54, 1.807) is 19.1 Å². The summed E-state index contributed by atoms with van der Waals surface area (Å²) in [6.45, 7) is 5.17. The molecular weight excluding hydrogens is 295 g/mol. The summed E-state index contributed by atoms with van der Waals surface area (Å²) in [4.78, 5) is 14.5. The monoisotopic (exact) mass is 322 g/mol. The molecular formula is C18H27FN2O2. The van der Waals surface area contributed by atoms with Crippen LogP contribution in [0.2, 0.25) is 0 Å². The Morgan fingerprint density at radius 1 is 1.39 bits per heavy atom. The summed E-state index contributed by atoms with van der Waals surface area (Å²) in [5.41, 5.74) is 1.01. The largest absolute Gasteiger partial charge is 0.393 e. The second kappa shape index (κ2) is 8.41. The highest BCUT2D eigenvalue weighted by atomic mass is 19.1. The molecule has 1 amide bonds. The molecule has 0 aliphatic carbocycles. The molecule has 1 heterocycles. The Kier molecular flexibility index (Phi) is 6.54. The van der Waals surface area contributed by atoms with Crippen molar-refractivity contribution < 1.29 is 14.3 Å². The molecule has 1 aromatic carbocycles. The van der Waals surface area contributed by atoms with E-state index in [0.29, 0.717) is 19.4 Å². The van der Waals surface area contributed by atoms with E-state index in [9.17, 15) is 14.3 Å². The molecule has 3 atom stereocenters. The van der Waals surface area contributed by atoms with E-state index in [0.717, 1.165) is 24.9 Å². The molecule has 0 spiro atoms. The predicted molar refractivity (Wildman–Crippen MR) is 88.6 cm³/mol. The highest BCUT2D eigenvalue weighted by molar-refractivity contribution is 5.81. The predicted octanol–water partition coefficient (Wildman–Crippen LogP) is 2.11. The van der Waals surface area contributed by atoms with Gasteiger partial charge < -0.3 is 10.4 Å².